The molecule has 0 aliphatic carbocycles. The highest BCUT2D eigenvalue weighted by Gasteiger charge is 2.23. The molecule has 3 aromatic rings. The van der Waals surface area contributed by atoms with Gasteiger partial charge in [-0.3, -0.25) is 4.68 Å². The lowest BCUT2D eigenvalue weighted by molar-refractivity contribution is 0.485. The summed E-state index contributed by atoms with van der Waals surface area (Å²) in [7, 11) is 2.00. The number of aromatic nitrogens is 2. The molecule has 110 valence electrons. The first-order valence-corrected chi connectivity index (χ1v) is 8.61. The van der Waals surface area contributed by atoms with Crippen LogP contribution in [0.5, 0.6) is 0 Å². The highest BCUT2D eigenvalue weighted by Crippen LogP contribution is 2.36. The van der Waals surface area contributed by atoms with Gasteiger partial charge in [0, 0.05) is 15.6 Å². The SMILES string of the molecule is CNC(c1cc2ccccc2s1)c1c(Br)cnn1C(C)C. The Morgan fingerprint density at radius 2 is 2.05 bits per heavy atom. The van der Waals surface area contributed by atoms with E-state index in [1.54, 1.807) is 0 Å². The van der Waals surface area contributed by atoms with E-state index in [1.165, 1.54) is 20.7 Å². The maximum absolute atomic E-state index is 4.50. The summed E-state index contributed by atoms with van der Waals surface area (Å²) >= 11 is 5.48. The van der Waals surface area contributed by atoms with Crippen LogP contribution in [-0.4, -0.2) is 16.8 Å². The number of hydrogen-bond acceptors (Lipinski definition) is 3. The smallest absolute Gasteiger partial charge is 0.0851 e. The van der Waals surface area contributed by atoms with Gasteiger partial charge in [-0.15, -0.1) is 11.3 Å². The minimum Gasteiger partial charge on any atom is -0.307 e. The van der Waals surface area contributed by atoms with Gasteiger partial charge in [-0.05, 0) is 54.3 Å². The molecule has 1 unspecified atom stereocenters. The second-order valence-corrected chi connectivity index (χ2v) is 7.29. The molecule has 0 amide bonds. The Morgan fingerprint density at radius 3 is 2.71 bits per heavy atom. The van der Waals surface area contributed by atoms with E-state index in [2.05, 4.69) is 75.2 Å². The van der Waals surface area contributed by atoms with Crippen molar-refractivity contribution in [2.45, 2.75) is 25.9 Å². The normalized spacial score (nSPS) is 13.2. The van der Waals surface area contributed by atoms with Crippen LogP contribution in [0.2, 0.25) is 0 Å². The maximum Gasteiger partial charge on any atom is 0.0851 e. The predicted octanol–water partition coefficient (Wildman–Crippen LogP) is 4.75. The van der Waals surface area contributed by atoms with Crippen molar-refractivity contribution in [3.05, 3.63) is 51.6 Å². The molecular weight excluding hydrogens is 346 g/mol. The molecule has 0 aliphatic rings. The zero-order valence-electron chi connectivity index (χ0n) is 12.3. The van der Waals surface area contributed by atoms with Gasteiger partial charge < -0.3 is 5.32 Å². The molecule has 0 saturated heterocycles. The van der Waals surface area contributed by atoms with Crippen molar-refractivity contribution in [2.75, 3.05) is 7.05 Å². The molecule has 0 bridgehead atoms. The number of rotatable bonds is 4. The molecule has 0 saturated carbocycles. The highest BCUT2D eigenvalue weighted by molar-refractivity contribution is 9.10. The largest absolute Gasteiger partial charge is 0.307 e. The predicted molar refractivity (Wildman–Crippen MR) is 93.0 cm³/mol. The quantitative estimate of drug-likeness (QED) is 0.724. The van der Waals surface area contributed by atoms with Gasteiger partial charge >= 0.3 is 0 Å². The summed E-state index contributed by atoms with van der Waals surface area (Å²) in [5, 5.41) is 9.23. The summed E-state index contributed by atoms with van der Waals surface area (Å²) in [6.07, 6.45) is 1.88. The number of fused-ring (bicyclic) bond motifs is 1. The molecule has 3 nitrogen and oxygen atoms in total. The summed E-state index contributed by atoms with van der Waals surface area (Å²) in [5.74, 6) is 0. The first-order valence-electron chi connectivity index (χ1n) is 7.00. The van der Waals surface area contributed by atoms with Gasteiger partial charge in [0.05, 0.1) is 22.4 Å². The highest BCUT2D eigenvalue weighted by atomic mass is 79.9. The molecule has 1 aromatic carbocycles. The third-order valence-corrected chi connectivity index (χ3v) is 5.36. The number of halogens is 1. The Bertz CT molecular complexity index is 727. The molecule has 2 aromatic heterocycles. The molecule has 0 spiro atoms. The number of nitrogens with one attached hydrogen (secondary N) is 1. The van der Waals surface area contributed by atoms with Gasteiger partial charge in [-0.2, -0.15) is 5.10 Å². The second-order valence-electron chi connectivity index (χ2n) is 5.32. The van der Waals surface area contributed by atoms with E-state index in [-0.39, 0.29) is 6.04 Å². The molecular formula is C16H18BrN3S. The van der Waals surface area contributed by atoms with Crippen LogP contribution in [0.3, 0.4) is 0 Å². The maximum atomic E-state index is 4.50. The van der Waals surface area contributed by atoms with Crippen molar-refractivity contribution < 1.29 is 0 Å². The van der Waals surface area contributed by atoms with Gasteiger partial charge in [0.15, 0.2) is 0 Å². The van der Waals surface area contributed by atoms with E-state index < -0.39 is 0 Å². The first kappa shape index (κ1) is 14.8. The number of benzene rings is 1. The lowest BCUT2D eigenvalue weighted by atomic mass is 10.1. The van der Waals surface area contributed by atoms with Crippen LogP contribution < -0.4 is 5.32 Å². The standard InChI is InChI=1S/C16H18BrN3S/c1-10(2)20-16(12(17)9-19-20)15(18-3)14-8-11-6-4-5-7-13(11)21-14/h4-10,15,18H,1-3H3. The summed E-state index contributed by atoms with van der Waals surface area (Å²) in [6.45, 7) is 4.31. The van der Waals surface area contributed by atoms with E-state index in [1.807, 2.05) is 24.6 Å². The van der Waals surface area contributed by atoms with Gasteiger partial charge in [-0.25, -0.2) is 0 Å². The Balaban J connectivity index is 2.12. The molecule has 0 fully saturated rings. The third kappa shape index (κ3) is 2.65. The molecule has 0 aliphatic heterocycles. The summed E-state index contributed by atoms with van der Waals surface area (Å²) in [5.41, 5.74) is 1.18. The lowest BCUT2D eigenvalue weighted by Crippen LogP contribution is -2.22. The fourth-order valence-electron chi connectivity index (χ4n) is 2.59. The molecule has 5 heteroatoms. The fourth-order valence-corrected chi connectivity index (χ4v) is 4.27. The monoisotopic (exact) mass is 363 g/mol. The van der Waals surface area contributed by atoms with E-state index >= 15 is 0 Å². The molecule has 2 heterocycles. The van der Waals surface area contributed by atoms with E-state index in [0.717, 1.165) is 4.47 Å². The average molecular weight is 364 g/mol. The summed E-state index contributed by atoms with van der Waals surface area (Å²) < 4.78 is 4.45. The zero-order valence-corrected chi connectivity index (χ0v) is 14.7. The Hall–Kier alpha value is -1.17. The van der Waals surface area contributed by atoms with Crippen molar-refractivity contribution in [3.63, 3.8) is 0 Å². The second kappa shape index (κ2) is 5.91. The molecule has 1 N–H and O–H groups in total. The van der Waals surface area contributed by atoms with Crippen molar-refractivity contribution in [3.8, 4) is 0 Å². The van der Waals surface area contributed by atoms with Crippen LogP contribution in [0, 0.1) is 0 Å². The van der Waals surface area contributed by atoms with Crippen LogP contribution in [-0.2, 0) is 0 Å². The van der Waals surface area contributed by atoms with Crippen LogP contribution in [0.4, 0.5) is 0 Å². The van der Waals surface area contributed by atoms with Crippen LogP contribution in [0.1, 0.15) is 36.5 Å². The minimum absolute atomic E-state index is 0.140. The van der Waals surface area contributed by atoms with E-state index in [0.29, 0.717) is 6.04 Å². The van der Waals surface area contributed by atoms with E-state index in [9.17, 15) is 0 Å². The topological polar surface area (TPSA) is 29.9 Å². The van der Waals surface area contributed by atoms with Gasteiger partial charge in [0.2, 0.25) is 0 Å². The lowest BCUT2D eigenvalue weighted by Gasteiger charge is -2.19. The summed E-state index contributed by atoms with van der Waals surface area (Å²) in [4.78, 5) is 1.31. The molecule has 3 rings (SSSR count). The molecule has 0 radical (unpaired) electrons. The van der Waals surface area contributed by atoms with Crippen LogP contribution in [0.25, 0.3) is 10.1 Å². The Kier molecular flexibility index (Phi) is 4.15. The molecule has 1 atom stereocenters. The van der Waals surface area contributed by atoms with Crippen molar-refractivity contribution in [1.82, 2.24) is 15.1 Å². The number of hydrogen-bond donors (Lipinski definition) is 1. The van der Waals surface area contributed by atoms with Crippen molar-refractivity contribution in [1.29, 1.82) is 0 Å². The van der Waals surface area contributed by atoms with Gasteiger partial charge in [0.25, 0.3) is 0 Å². The van der Waals surface area contributed by atoms with Gasteiger partial charge in [-0.1, -0.05) is 18.2 Å². The third-order valence-electron chi connectivity index (χ3n) is 3.57. The van der Waals surface area contributed by atoms with Crippen LogP contribution in [0.15, 0.2) is 41.0 Å². The minimum atomic E-state index is 0.140. The number of nitrogens with zero attached hydrogens (tertiary/aromatic N) is 2. The van der Waals surface area contributed by atoms with Gasteiger partial charge in [0.1, 0.15) is 0 Å². The first-order chi connectivity index (χ1) is 10.1. The van der Waals surface area contributed by atoms with Crippen molar-refractivity contribution in [2.24, 2.45) is 0 Å². The average Bonchev–Trinajstić information content (AvgIpc) is 3.04. The molecule has 21 heavy (non-hydrogen) atoms. The Morgan fingerprint density at radius 1 is 1.29 bits per heavy atom. The zero-order chi connectivity index (χ0) is 15.0. The number of thiophene rings is 1. The Labute approximate surface area is 137 Å². The van der Waals surface area contributed by atoms with E-state index in [4.69, 9.17) is 0 Å². The summed E-state index contributed by atoms with van der Waals surface area (Å²) in [6, 6.07) is 11.2. The fraction of sp³-hybridized carbons (Fsp3) is 0.312. The van der Waals surface area contributed by atoms with Crippen LogP contribution >= 0.6 is 27.3 Å². The van der Waals surface area contributed by atoms with Crippen molar-refractivity contribution >= 4 is 37.4 Å².